The minimum absolute atomic E-state index is 0.489. The minimum atomic E-state index is 0.489. The highest BCUT2D eigenvalue weighted by atomic mass is 16.5. The van der Waals surface area contributed by atoms with Gasteiger partial charge in [-0.3, -0.25) is 0 Å². The first kappa shape index (κ1) is 18.3. The van der Waals surface area contributed by atoms with Gasteiger partial charge in [-0.2, -0.15) is 5.26 Å². The van der Waals surface area contributed by atoms with E-state index in [0.717, 1.165) is 18.4 Å². The molecule has 2 aliphatic rings. The van der Waals surface area contributed by atoms with Gasteiger partial charge >= 0.3 is 0 Å². The molecular weight excluding hydrogens is 282 g/mol. The molecule has 0 aliphatic heterocycles. The fourth-order valence-corrected chi connectivity index (χ4v) is 4.13. The van der Waals surface area contributed by atoms with Gasteiger partial charge in [0.1, 0.15) is 0 Å². The van der Waals surface area contributed by atoms with E-state index < -0.39 is 0 Å². The molecule has 0 amide bonds. The first-order valence-corrected chi connectivity index (χ1v) is 9.66. The SMILES string of the molecule is CCCC1CCC(COC2CCC(/C=C/C=C/C#N)CC2)CC1. The molecule has 128 valence electrons. The minimum Gasteiger partial charge on any atom is -0.378 e. The van der Waals surface area contributed by atoms with Crippen LogP contribution in [0.5, 0.6) is 0 Å². The molecule has 0 saturated heterocycles. The lowest BCUT2D eigenvalue weighted by atomic mass is 9.80. The van der Waals surface area contributed by atoms with Gasteiger partial charge in [0.05, 0.1) is 12.2 Å². The van der Waals surface area contributed by atoms with E-state index in [9.17, 15) is 0 Å². The molecule has 0 N–H and O–H groups in total. The number of allylic oxidation sites excluding steroid dienone is 4. The maximum absolute atomic E-state index is 8.46. The van der Waals surface area contributed by atoms with Crippen LogP contribution in [0.4, 0.5) is 0 Å². The van der Waals surface area contributed by atoms with Crippen molar-refractivity contribution >= 4 is 0 Å². The molecule has 2 rings (SSSR count). The van der Waals surface area contributed by atoms with E-state index in [1.54, 1.807) is 0 Å². The highest BCUT2D eigenvalue weighted by Crippen LogP contribution is 2.33. The smallest absolute Gasteiger partial charge is 0.0912 e. The molecule has 0 radical (unpaired) electrons. The molecule has 0 heterocycles. The van der Waals surface area contributed by atoms with Crippen molar-refractivity contribution < 1.29 is 4.74 Å². The summed E-state index contributed by atoms with van der Waals surface area (Å²) in [5.74, 6) is 2.48. The van der Waals surface area contributed by atoms with Crippen LogP contribution < -0.4 is 0 Å². The fraction of sp³-hybridized carbons (Fsp3) is 0.762. The first-order valence-electron chi connectivity index (χ1n) is 9.66. The van der Waals surface area contributed by atoms with E-state index in [4.69, 9.17) is 10.00 Å². The molecule has 0 unspecified atom stereocenters. The van der Waals surface area contributed by atoms with E-state index in [-0.39, 0.29) is 0 Å². The molecule has 0 atom stereocenters. The van der Waals surface area contributed by atoms with E-state index in [0.29, 0.717) is 12.0 Å². The Balaban J connectivity index is 1.57. The summed E-state index contributed by atoms with van der Waals surface area (Å²) in [7, 11) is 0. The number of rotatable bonds is 7. The number of hydrogen-bond donors (Lipinski definition) is 0. The molecule has 23 heavy (non-hydrogen) atoms. The maximum atomic E-state index is 8.46. The first-order chi connectivity index (χ1) is 11.3. The lowest BCUT2D eigenvalue weighted by molar-refractivity contribution is -0.00659. The summed E-state index contributed by atoms with van der Waals surface area (Å²) >= 11 is 0. The van der Waals surface area contributed by atoms with Crippen LogP contribution in [-0.4, -0.2) is 12.7 Å². The second-order valence-corrected chi connectivity index (χ2v) is 7.42. The molecule has 2 nitrogen and oxygen atoms in total. The lowest BCUT2D eigenvalue weighted by Gasteiger charge is -2.31. The molecule has 2 aliphatic carbocycles. The van der Waals surface area contributed by atoms with Crippen LogP contribution in [0.25, 0.3) is 0 Å². The van der Waals surface area contributed by atoms with Crippen LogP contribution in [0.15, 0.2) is 24.3 Å². The van der Waals surface area contributed by atoms with Crippen LogP contribution in [0.3, 0.4) is 0 Å². The zero-order chi connectivity index (χ0) is 16.3. The van der Waals surface area contributed by atoms with Crippen LogP contribution >= 0.6 is 0 Å². The Morgan fingerprint density at radius 2 is 1.65 bits per heavy atom. The number of nitrogens with zero attached hydrogens (tertiary/aromatic N) is 1. The summed E-state index contributed by atoms with van der Waals surface area (Å²) in [6.45, 7) is 3.30. The van der Waals surface area contributed by atoms with E-state index in [1.807, 2.05) is 18.2 Å². The normalized spacial score (nSPS) is 32.3. The van der Waals surface area contributed by atoms with Gasteiger partial charge in [0, 0.05) is 12.7 Å². The summed E-state index contributed by atoms with van der Waals surface area (Å²) in [5.41, 5.74) is 0. The van der Waals surface area contributed by atoms with Crippen LogP contribution in [0.2, 0.25) is 0 Å². The van der Waals surface area contributed by atoms with Gasteiger partial charge in [-0.1, -0.05) is 50.8 Å². The van der Waals surface area contributed by atoms with Crippen molar-refractivity contribution in [3.63, 3.8) is 0 Å². The molecule has 0 bridgehead atoms. The second kappa shape index (κ2) is 10.7. The maximum Gasteiger partial charge on any atom is 0.0912 e. The summed E-state index contributed by atoms with van der Waals surface area (Å²) in [4.78, 5) is 0. The van der Waals surface area contributed by atoms with E-state index in [1.165, 1.54) is 70.3 Å². The van der Waals surface area contributed by atoms with E-state index >= 15 is 0 Å². The average molecular weight is 316 g/mol. The standard InChI is InChI=1S/C21H33NO/c1-2-6-18-8-10-20(11-9-18)17-23-21-14-12-19(13-15-21)7-4-3-5-16-22/h3-5,7,18-21H,2,6,8-15,17H2,1H3/b5-3+,7-4+. The Bertz CT molecular complexity index is 404. The predicted octanol–water partition coefficient (Wildman–Crippen LogP) is 5.80. The Labute approximate surface area is 142 Å². The van der Waals surface area contributed by atoms with Gasteiger partial charge in [-0.25, -0.2) is 0 Å². The van der Waals surface area contributed by atoms with Gasteiger partial charge < -0.3 is 4.74 Å². The molecule has 0 aromatic carbocycles. The zero-order valence-corrected chi connectivity index (χ0v) is 14.8. The highest BCUT2D eigenvalue weighted by Gasteiger charge is 2.24. The summed E-state index contributed by atoms with van der Waals surface area (Å²) in [6.07, 6.45) is 21.3. The summed E-state index contributed by atoms with van der Waals surface area (Å²) in [6, 6.07) is 2.02. The molecule has 2 fully saturated rings. The van der Waals surface area contributed by atoms with Crippen molar-refractivity contribution in [2.75, 3.05) is 6.61 Å². The van der Waals surface area contributed by atoms with Crippen LogP contribution in [0, 0.1) is 29.1 Å². The van der Waals surface area contributed by atoms with Gasteiger partial charge in [0.25, 0.3) is 0 Å². The molecule has 2 saturated carbocycles. The van der Waals surface area contributed by atoms with Crippen molar-refractivity contribution in [2.45, 2.75) is 77.2 Å². The average Bonchev–Trinajstić information content (AvgIpc) is 2.59. The third-order valence-electron chi connectivity index (χ3n) is 5.61. The second-order valence-electron chi connectivity index (χ2n) is 7.42. The molecule has 2 heteroatoms. The Morgan fingerprint density at radius 1 is 0.957 bits per heavy atom. The van der Waals surface area contributed by atoms with Crippen molar-refractivity contribution in [1.29, 1.82) is 5.26 Å². The van der Waals surface area contributed by atoms with Gasteiger partial charge in [-0.05, 0) is 56.3 Å². The highest BCUT2D eigenvalue weighted by molar-refractivity contribution is 5.12. The molecule has 0 aromatic heterocycles. The van der Waals surface area contributed by atoms with Gasteiger partial charge in [0.2, 0.25) is 0 Å². The Kier molecular flexibility index (Phi) is 8.47. The Hall–Kier alpha value is -1.07. The van der Waals surface area contributed by atoms with Crippen molar-refractivity contribution in [3.05, 3.63) is 24.3 Å². The lowest BCUT2D eigenvalue weighted by Crippen LogP contribution is -2.25. The Morgan fingerprint density at radius 3 is 2.30 bits per heavy atom. The fourth-order valence-electron chi connectivity index (χ4n) is 4.13. The van der Waals surface area contributed by atoms with Crippen molar-refractivity contribution in [2.24, 2.45) is 17.8 Å². The quantitative estimate of drug-likeness (QED) is 0.439. The summed E-state index contributed by atoms with van der Waals surface area (Å²) < 4.78 is 6.23. The van der Waals surface area contributed by atoms with Gasteiger partial charge in [0.15, 0.2) is 0 Å². The zero-order valence-electron chi connectivity index (χ0n) is 14.8. The van der Waals surface area contributed by atoms with Crippen LogP contribution in [0.1, 0.15) is 71.1 Å². The summed E-state index contributed by atoms with van der Waals surface area (Å²) in [5, 5.41) is 8.46. The van der Waals surface area contributed by atoms with Gasteiger partial charge in [-0.15, -0.1) is 0 Å². The number of hydrogen-bond acceptors (Lipinski definition) is 2. The largest absolute Gasteiger partial charge is 0.378 e. The molecule has 0 aromatic rings. The monoisotopic (exact) mass is 315 g/mol. The topological polar surface area (TPSA) is 33.0 Å². The van der Waals surface area contributed by atoms with Crippen molar-refractivity contribution in [1.82, 2.24) is 0 Å². The van der Waals surface area contributed by atoms with E-state index in [2.05, 4.69) is 13.0 Å². The van der Waals surface area contributed by atoms with Crippen LogP contribution in [-0.2, 0) is 4.74 Å². The number of nitriles is 1. The predicted molar refractivity (Wildman–Crippen MR) is 95.9 cm³/mol. The van der Waals surface area contributed by atoms with Crippen molar-refractivity contribution in [3.8, 4) is 6.07 Å². The molecule has 0 spiro atoms. The third kappa shape index (κ3) is 6.92. The number of ether oxygens (including phenoxy) is 1. The molecular formula is C21H33NO. The third-order valence-corrected chi connectivity index (χ3v) is 5.61.